The summed E-state index contributed by atoms with van der Waals surface area (Å²) in [6.45, 7) is 3.16. The third-order valence-corrected chi connectivity index (χ3v) is 3.43. The van der Waals surface area contributed by atoms with Gasteiger partial charge < -0.3 is 11.1 Å². The molecule has 0 aliphatic rings. The fraction of sp³-hybridized carbons (Fsp3) is 0.714. The van der Waals surface area contributed by atoms with E-state index in [4.69, 9.17) is 5.73 Å². The minimum absolute atomic E-state index is 0.486. The van der Waals surface area contributed by atoms with Crippen LogP contribution in [0.5, 0.6) is 0 Å². The molecule has 0 bridgehead atoms. The summed E-state index contributed by atoms with van der Waals surface area (Å²) in [5.74, 6) is 1.09. The molecule has 5 heteroatoms. The molecule has 0 aliphatic carbocycles. The smallest absolute Gasteiger partial charge is 0.225 e. The monoisotopic (exact) mass is 328 g/mol. The van der Waals surface area contributed by atoms with Gasteiger partial charge in [0.25, 0.3) is 0 Å². The molecule has 1 rings (SSSR count). The van der Waals surface area contributed by atoms with Crippen molar-refractivity contribution >= 4 is 27.7 Å². The third kappa shape index (κ3) is 8.03. The maximum atomic E-state index is 5.65. The minimum atomic E-state index is 0.486. The Labute approximate surface area is 124 Å². The molecule has 0 fully saturated rings. The Morgan fingerprint density at radius 2 is 1.68 bits per heavy atom. The molecule has 0 saturated carbocycles. The zero-order valence-corrected chi connectivity index (χ0v) is 13.4. The molecule has 0 radical (unpaired) electrons. The Kier molecular flexibility index (Phi) is 8.54. The van der Waals surface area contributed by atoms with Crippen molar-refractivity contribution in [1.29, 1.82) is 0 Å². The maximum Gasteiger partial charge on any atom is 0.225 e. The number of aromatic nitrogens is 2. The molecule has 0 aliphatic heterocycles. The Morgan fingerprint density at radius 1 is 1.05 bits per heavy atom. The van der Waals surface area contributed by atoms with E-state index in [1.165, 1.54) is 44.9 Å². The number of nitrogens with two attached hydrogens (primary N) is 1. The van der Waals surface area contributed by atoms with Crippen LogP contribution < -0.4 is 11.1 Å². The maximum absolute atomic E-state index is 5.65. The first-order valence-corrected chi connectivity index (χ1v) is 8.05. The zero-order chi connectivity index (χ0) is 13.9. The zero-order valence-electron chi connectivity index (χ0n) is 11.8. The van der Waals surface area contributed by atoms with Gasteiger partial charge >= 0.3 is 0 Å². The summed E-state index contributed by atoms with van der Waals surface area (Å²) < 4.78 is 0.721. The summed E-state index contributed by atoms with van der Waals surface area (Å²) in [7, 11) is 0. The molecular formula is C14H25BrN4. The molecule has 0 aromatic carbocycles. The number of nitrogens with one attached hydrogen (secondary N) is 1. The number of unbranched alkanes of at least 4 members (excludes halogenated alkanes) is 7. The van der Waals surface area contributed by atoms with Crippen LogP contribution in [0, 0.1) is 0 Å². The molecule has 19 heavy (non-hydrogen) atoms. The van der Waals surface area contributed by atoms with Gasteiger partial charge in [-0.1, -0.05) is 51.9 Å². The van der Waals surface area contributed by atoms with Crippen LogP contribution in [0.1, 0.15) is 58.3 Å². The lowest BCUT2D eigenvalue weighted by Gasteiger charge is -2.06. The largest absolute Gasteiger partial charge is 0.383 e. The standard InChI is InChI=1S/C14H25BrN4/c1-2-3-4-5-6-7-8-9-10-17-14-18-12(15)11-13(16)19-14/h11H,2-10H2,1H3,(H3,16,17,18,19). The lowest BCUT2D eigenvalue weighted by atomic mass is 10.1. The summed E-state index contributed by atoms with van der Waals surface area (Å²) in [5, 5.41) is 3.21. The van der Waals surface area contributed by atoms with Gasteiger partial charge in [-0.25, -0.2) is 4.98 Å². The molecule has 108 valence electrons. The SMILES string of the molecule is CCCCCCCCCCNc1nc(N)cc(Br)n1. The number of rotatable bonds is 10. The van der Waals surface area contributed by atoms with Gasteiger partial charge in [0.1, 0.15) is 10.4 Å². The normalized spacial score (nSPS) is 10.6. The lowest BCUT2D eigenvalue weighted by Crippen LogP contribution is -2.06. The Balaban J connectivity index is 2.01. The number of anilines is 2. The van der Waals surface area contributed by atoms with Gasteiger partial charge in [0.05, 0.1) is 0 Å². The van der Waals surface area contributed by atoms with Crippen LogP contribution in [0.15, 0.2) is 10.7 Å². The van der Waals surface area contributed by atoms with Gasteiger partial charge in [0, 0.05) is 12.6 Å². The molecule has 1 aromatic rings. The van der Waals surface area contributed by atoms with Crippen LogP contribution in [-0.4, -0.2) is 16.5 Å². The topological polar surface area (TPSA) is 63.8 Å². The molecule has 3 N–H and O–H groups in total. The van der Waals surface area contributed by atoms with Gasteiger partial charge in [-0.2, -0.15) is 4.98 Å². The molecule has 1 aromatic heterocycles. The fourth-order valence-corrected chi connectivity index (χ4v) is 2.38. The van der Waals surface area contributed by atoms with Crippen LogP contribution >= 0.6 is 15.9 Å². The first-order chi connectivity index (χ1) is 9.22. The highest BCUT2D eigenvalue weighted by Gasteiger charge is 1.99. The molecule has 4 nitrogen and oxygen atoms in total. The lowest BCUT2D eigenvalue weighted by molar-refractivity contribution is 0.581. The van der Waals surface area contributed by atoms with Crippen LogP contribution in [0.25, 0.3) is 0 Å². The molecule has 0 amide bonds. The Morgan fingerprint density at radius 3 is 2.32 bits per heavy atom. The van der Waals surface area contributed by atoms with E-state index in [9.17, 15) is 0 Å². The number of nitrogen functional groups attached to an aromatic ring is 1. The Bertz CT molecular complexity index is 337. The second kappa shape index (κ2) is 10.0. The van der Waals surface area contributed by atoms with E-state index < -0.39 is 0 Å². The van der Waals surface area contributed by atoms with Crippen LogP contribution in [0.4, 0.5) is 11.8 Å². The number of halogens is 1. The van der Waals surface area contributed by atoms with E-state index in [0.717, 1.165) is 17.6 Å². The van der Waals surface area contributed by atoms with Crippen molar-refractivity contribution in [3.8, 4) is 0 Å². The van der Waals surface area contributed by atoms with Gasteiger partial charge in [-0.05, 0) is 22.4 Å². The van der Waals surface area contributed by atoms with Gasteiger partial charge in [0.2, 0.25) is 5.95 Å². The minimum Gasteiger partial charge on any atom is -0.383 e. The molecule has 0 spiro atoms. The van der Waals surface area contributed by atoms with Gasteiger partial charge in [0.15, 0.2) is 0 Å². The highest BCUT2D eigenvalue weighted by molar-refractivity contribution is 9.10. The number of hydrogen-bond acceptors (Lipinski definition) is 4. The summed E-state index contributed by atoms with van der Waals surface area (Å²) in [5.41, 5.74) is 5.65. The predicted octanol–water partition coefficient (Wildman–Crippen LogP) is 4.37. The van der Waals surface area contributed by atoms with Crippen molar-refractivity contribution < 1.29 is 0 Å². The highest BCUT2D eigenvalue weighted by Crippen LogP contribution is 2.13. The summed E-state index contributed by atoms with van der Waals surface area (Å²) in [6, 6.07) is 1.70. The summed E-state index contributed by atoms with van der Waals surface area (Å²) in [4.78, 5) is 8.34. The first kappa shape index (κ1) is 16.2. The summed E-state index contributed by atoms with van der Waals surface area (Å²) >= 11 is 3.31. The van der Waals surface area contributed by atoms with Crippen molar-refractivity contribution in [2.75, 3.05) is 17.6 Å². The van der Waals surface area contributed by atoms with Crippen molar-refractivity contribution in [2.24, 2.45) is 0 Å². The molecule has 0 unspecified atom stereocenters. The molecule has 0 saturated heterocycles. The second-order valence-corrected chi connectivity index (χ2v) is 5.65. The van der Waals surface area contributed by atoms with E-state index in [1.807, 2.05) is 0 Å². The van der Waals surface area contributed by atoms with E-state index >= 15 is 0 Å². The van der Waals surface area contributed by atoms with Crippen molar-refractivity contribution in [2.45, 2.75) is 58.3 Å². The average molecular weight is 329 g/mol. The van der Waals surface area contributed by atoms with E-state index in [-0.39, 0.29) is 0 Å². The predicted molar refractivity (Wildman–Crippen MR) is 85.2 cm³/mol. The van der Waals surface area contributed by atoms with Crippen LogP contribution in [0.3, 0.4) is 0 Å². The van der Waals surface area contributed by atoms with Gasteiger partial charge in [-0.3, -0.25) is 0 Å². The van der Waals surface area contributed by atoms with E-state index in [2.05, 4.69) is 38.1 Å². The molecule has 0 atom stereocenters. The quantitative estimate of drug-likeness (QED) is 0.494. The first-order valence-electron chi connectivity index (χ1n) is 7.26. The third-order valence-electron chi connectivity index (χ3n) is 3.03. The van der Waals surface area contributed by atoms with E-state index in [0.29, 0.717) is 11.8 Å². The van der Waals surface area contributed by atoms with Crippen LogP contribution in [-0.2, 0) is 0 Å². The molecule has 1 heterocycles. The Hall–Kier alpha value is -0.840. The van der Waals surface area contributed by atoms with Crippen molar-refractivity contribution in [3.63, 3.8) is 0 Å². The van der Waals surface area contributed by atoms with Crippen molar-refractivity contribution in [3.05, 3.63) is 10.7 Å². The summed E-state index contributed by atoms with van der Waals surface area (Å²) in [6.07, 6.45) is 10.6. The molecular weight excluding hydrogens is 304 g/mol. The number of nitrogens with zero attached hydrogens (tertiary/aromatic N) is 2. The van der Waals surface area contributed by atoms with E-state index in [1.54, 1.807) is 6.07 Å². The average Bonchev–Trinajstić information content (AvgIpc) is 2.36. The highest BCUT2D eigenvalue weighted by atomic mass is 79.9. The number of hydrogen-bond donors (Lipinski definition) is 2. The second-order valence-electron chi connectivity index (χ2n) is 4.84. The fourth-order valence-electron chi connectivity index (χ4n) is 1.97. The van der Waals surface area contributed by atoms with Crippen LogP contribution in [0.2, 0.25) is 0 Å². The van der Waals surface area contributed by atoms with Gasteiger partial charge in [-0.15, -0.1) is 0 Å². The van der Waals surface area contributed by atoms with Crippen molar-refractivity contribution in [1.82, 2.24) is 9.97 Å².